The predicted octanol–water partition coefficient (Wildman–Crippen LogP) is 1.66. The van der Waals surface area contributed by atoms with Gasteiger partial charge < -0.3 is 20.3 Å². The molecule has 3 rings (SSSR count). The summed E-state index contributed by atoms with van der Waals surface area (Å²) < 4.78 is 32.3. The SMILES string of the molecule is CN(C)C(=O)[C@@H](NC(=O)Nc1cccc(S(=O)(=O)N2CCOCC2)c1)c1ccccc1. The Bertz CT molecular complexity index is 1020. The van der Waals surface area contributed by atoms with Crippen LogP contribution >= 0.6 is 0 Å². The maximum absolute atomic E-state index is 12.8. The fourth-order valence-electron chi connectivity index (χ4n) is 3.16. The molecule has 166 valence electrons. The minimum Gasteiger partial charge on any atom is -0.379 e. The molecular weight excluding hydrogens is 420 g/mol. The highest BCUT2D eigenvalue weighted by atomic mass is 32.2. The van der Waals surface area contributed by atoms with Crippen LogP contribution in [0.3, 0.4) is 0 Å². The van der Waals surface area contributed by atoms with Crippen molar-refractivity contribution in [3.63, 3.8) is 0 Å². The highest BCUT2D eigenvalue weighted by Gasteiger charge is 2.27. The van der Waals surface area contributed by atoms with E-state index in [-0.39, 0.29) is 23.9 Å². The average Bonchev–Trinajstić information content (AvgIpc) is 2.78. The summed E-state index contributed by atoms with van der Waals surface area (Å²) in [6, 6.07) is 13.4. The quantitative estimate of drug-likeness (QED) is 0.702. The summed E-state index contributed by atoms with van der Waals surface area (Å²) in [5, 5.41) is 5.29. The summed E-state index contributed by atoms with van der Waals surface area (Å²) in [7, 11) is -0.472. The zero-order valence-electron chi connectivity index (χ0n) is 17.4. The molecule has 0 unspecified atom stereocenters. The lowest BCUT2D eigenvalue weighted by molar-refractivity contribution is -0.130. The molecule has 1 aliphatic heterocycles. The number of nitrogens with zero attached hydrogens (tertiary/aromatic N) is 2. The van der Waals surface area contributed by atoms with Crippen LogP contribution in [0.2, 0.25) is 0 Å². The van der Waals surface area contributed by atoms with Crippen LogP contribution in [0.4, 0.5) is 10.5 Å². The number of benzene rings is 2. The monoisotopic (exact) mass is 446 g/mol. The highest BCUT2D eigenvalue weighted by molar-refractivity contribution is 7.89. The van der Waals surface area contributed by atoms with Crippen LogP contribution in [-0.2, 0) is 19.6 Å². The van der Waals surface area contributed by atoms with Gasteiger partial charge in [-0.3, -0.25) is 4.79 Å². The van der Waals surface area contributed by atoms with Gasteiger partial charge >= 0.3 is 6.03 Å². The van der Waals surface area contributed by atoms with Gasteiger partial charge in [0.1, 0.15) is 6.04 Å². The Hall–Kier alpha value is -2.95. The van der Waals surface area contributed by atoms with E-state index in [1.807, 2.05) is 6.07 Å². The molecule has 1 fully saturated rings. The van der Waals surface area contributed by atoms with Crippen LogP contribution in [0.15, 0.2) is 59.5 Å². The molecule has 0 saturated carbocycles. The number of sulfonamides is 1. The van der Waals surface area contributed by atoms with Crippen LogP contribution in [0.5, 0.6) is 0 Å². The summed E-state index contributed by atoms with van der Waals surface area (Å²) in [4.78, 5) is 26.7. The van der Waals surface area contributed by atoms with Gasteiger partial charge in [0.05, 0.1) is 18.1 Å². The van der Waals surface area contributed by atoms with E-state index in [0.29, 0.717) is 24.5 Å². The first-order valence-electron chi connectivity index (χ1n) is 9.80. The Balaban J connectivity index is 1.75. The lowest BCUT2D eigenvalue weighted by Crippen LogP contribution is -2.41. The Morgan fingerprint density at radius 2 is 1.71 bits per heavy atom. The van der Waals surface area contributed by atoms with Crippen LogP contribution in [0.1, 0.15) is 11.6 Å². The number of nitrogens with one attached hydrogen (secondary N) is 2. The number of urea groups is 1. The van der Waals surface area contributed by atoms with Crippen molar-refractivity contribution in [2.45, 2.75) is 10.9 Å². The van der Waals surface area contributed by atoms with Gasteiger partial charge in [-0.1, -0.05) is 36.4 Å². The third-order valence-electron chi connectivity index (χ3n) is 4.80. The second-order valence-electron chi connectivity index (χ2n) is 7.22. The van der Waals surface area contributed by atoms with Gasteiger partial charge in [-0.2, -0.15) is 4.31 Å². The summed E-state index contributed by atoms with van der Waals surface area (Å²) in [5.74, 6) is -0.287. The standard InChI is InChI=1S/C21H26N4O5S/c1-24(2)20(26)19(16-7-4-3-5-8-16)23-21(27)22-17-9-6-10-18(15-17)31(28,29)25-11-13-30-14-12-25/h3-10,15,19H,11-14H2,1-2H3,(H2,22,23,27)/t19-/m0/s1. The number of anilines is 1. The molecule has 0 aliphatic carbocycles. The third kappa shape index (κ3) is 5.60. The van der Waals surface area contributed by atoms with E-state index >= 15 is 0 Å². The van der Waals surface area contributed by atoms with Crippen LogP contribution in [-0.4, -0.2) is 70.0 Å². The fraction of sp³-hybridized carbons (Fsp3) is 0.333. The Morgan fingerprint density at radius 3 is 2.35 bits per heavy atom. The smallest absolute Gasteiger partial charge is 0.320 e. The second kappa shape index (κ2) is 9.90. The van der Waals surface area contributed by atoms with Crippen molar-refractivity contribution in [1.82, 2.24) is 14.5 Å². The van der Waals surface area contributed by atoms with E-state index in [9.17, 15) is 18.0 Å². The number of amides is 3. The Kier molecular flexibility index (Phi) is 7.26. The van der Waals surface area contributed by atoms with Crippen LogP contribution < -0.4 is 10.6 Å². The molecule has 0 spiro atoms. The second-order valence-corrected chi connectivity index (χ2v) is 9.16. The molecule has 0 aromatic heterocycles. The highest BCUT2D eigenvalue weighted by Crippen LogP contribution is 2.21. The zero-order chi connectivity index (χ0) is 22.4. The molecule has 1 heterocycles. The average molecular weight is 447 g/mol. The van der Waals surface area contributed by atoms with Crippen molar-refractivity contribution >= 4 is 27.6 Å². The van der Waals surface area contributed by atoms with Crippen molar-refractivity contribution in [2.75, 3.05) is 45.7 Å². The van der Waals surface area contributed by atoms with Gasteiger partial charge in [-0.15, -0.1) is 0 Å². The molecule has 31 heavy (non-hydrogen) atoms. The molecule has 0 radical (unpaired) electrons. The number of hydrogen-bond acceptors (Lipinski definition) is 5. The minimum atomic E-state index is -3.69. The number of morpholine rings is 1. The fourth-order valence-corrected chi connectivity index (χ4v) is 4.61. The van der Waals surface area contributed by atoms with Gasteiger partial charge in [-0.25, -0.2) is 13.2 Å². The molecule has 10 heteroatoms. The molecular formula is C21H26N4O5S. The molecule has 1 saturated heterocycles. The van der Waals surface area contributed by atoms with Gasteiger partial charge in [0.15, 0.2) is 0 Å². The molecule has 3 amide bonds. The maximum atomic E-state index is 12.8. The molecule has 0 bridgehead atoms. The van der Waals surface area contributed by atoms with Crippen LogP contribution in [0, 0.1) is 0 Å². The van der Waals surface area contributed by atoms with E-state index < -0.39 is 22.1 Å². The van der Waals surface area contributed by atoms with Crippen molar-refractivity contribution < 1.29 is 22.7 Å². The van der Waals surface area contributed by atoms with E-state index in [1.54, 1.807) is 50.5 Å². The summed E-state index contributed by atoms with van der Waals surface area (Å²) in [5.41, 5.74) is 0.941. The van der Waals surface area contributed by atoms with E-state index in [2.05, 4.69) is 10.6 Å². The third-order valence-corrected chi connectivity index (χ3v) is 6.69. The van der Waals surface area contributed by atoms with Crippen molar-refractivity contribution in [3.8, 4) is 0 Å². The van der Waals surface area contributed by atoms with Gasteiger partial charge in [0, 0.05) is 32.9 Å². The number of carbonyl (C=O) groups excluding carboxylic acids is 2. The zero-order valence-corrected chi connectivity index (χ0v) is 18.3. The summed E-state index contributed by atoms with van der Waals surface area (Å²) >= 11 is 0. The van der Waals surface area contributed by atoms with E-state index in [1.165, 1.54) is 21.3 Å². The number of rotatable bonds is 6. The Labute approximate surface area is 182 Å². The molecule has 1 aliphatic rings. The van der Waals surface area contributed by atoms with Gasteiger partial charge in [0.25, 0.3) is 0 Å². The van der Waals surface area contributed by atoms with E-state index in [4.69, 9.17) is 4.74 Å². The first-order valence-corrected chi connectivity index (χ1v) is 11.2. The Morgan fingerprint density at radius 1 is 1.03 bits per heavy atom. The normalized spacial score (nSPS) is 15.7. The van der Waals surface area contributed by atoms with E-state index in [0.717, 1.165) is 0 Å². The first kappa shape index (κ1) is 22.7. The molecule has 1 atom stereocenters. The minimum absolute atomic E-state index is 0.0798. The van der Waals surface area contributed by atoms with Crippen molar-refractivity contribution in [3.05, 3.63) is 60.2 Å². The number of likely N-dealkylation sites (N-methyl/N-ethyl adjacent to an activating group) is 1. The molecule has 2 aromatic rings. The lowest BCUT2D eigenvalue weighted by atomic mass is 10.1. The summed E-state index contributed by atoms with van der Waals surface area (Å²) in [6.45, 7) is 1.26. The lowest BCUT2D eigenvalue weighted by Gasteiger charge is -2.26. The predicted molar refractivity (Wildman–Crippen MR) is 116 cm³/mol. The molecule has 2 N–H and O–H groups in total. The summed E-state index contributed by atoms with van der Waals surface area (Å²) in [6.07, 6.45) is 0. The van der Waals surface area contributed by atoms with Gasteiger partial charge in [-0.05, 0) is 23.8 Å². The van der Waals surface area contributed by atoms with Gasteiger partial charge in [0.2, 0.25) is 15.9 Å². The largest absolute Gasteiger partial charge is 0.379 e. The number of carbonyl (C=O) groups is 2. The topological polar surface area (TPSA) is 108 Å². The molecule has 2 aromatic carbocycles. The van der Waals surface area contributed by atoms with Crippen molar-refractivity contribution in [1.29, 1.82) is 0 Å². The number of hydrogen-bond donors (Lipinski definition) is 2. The van der Waals surface area contributed by atoms with Crippen molar-refractivity contribution in [2.24, 2.45) is 0 Å². The molecule has 9 nitrogen and oxygen atoms in total. The number of ether oxygens (including phenoxy) is 1. The van der Waals surface area contributed by atoms with Crippen LogP contribution in [0.25, 0.3) is 0 Å². The maximum Gasteiger partial charge on any atom is 0.320 e. The first-order chi connectivity index (χ1) is 14.8.